The van der Waals surface area contributed by atoms with Crippen LogP contribution in [0.25, 0.3) is 0 Å². The van der Waals surface area contributed by atoms with Crippen LogP contribution in [0.3, 0.4) is 0 Å². The normalized spacial score (nSPS) is 12.7. The molecule has 0 aliphatic rings. The van der Waals surface area contributed by atoms with Crippen molar-refractivity contribution in [3.05, 3.63) is 6.92 Å². The minimum Gasteiger partial charge on any atom is -0.0649 e. The lowest BCUT2D eigenvalue weighted by Gasteiger charge is -2.24. The zero-order chi connectivity index (χ0) is 7.49. The van der Waals surface area contributed by atoms with Gasteiger partial charge in [0.05, 0.1) is 0 Å². The first-order valence-corrected chi connectivity index (χ1v) is 3.81. The molecule has 0 N–H and O–H groups in total. The maximum atomic E-state index is 3.97. The van der Waals surface area contributed by atoms with Crippen LogP contribution in [0.2, 0.25) is 0 Å². The lowest BCUT2D eigenvalue weighted by molar-refractivity contribution is 0.289. The van der Waals surface area contributed by atoms with Gasteiger partial charge in [0, 0.05) is 0 Å². The fourth-order valence-corrected chi connectivity index (χ4v) is 1.09. The molecule has 0 bridgehead atoms. The summed E-state index contributed by atoms with van der Waals surface area (Å²) in [6.45, 7) is 13.0. The summed E-state index contributed by atoms with van der Waals surface area (Å²) in [7, 11) is 0. The van der Waals surface area contributed by atoms with Gasteiger partial charge in [-0.15, -0.1) is 0 Å². The second-order valence-electron chi connectivity index (χ2n) is 3.83. The largest absolute Gasteiger partial charge is 0.0649 e. The van der Waals surface area contributed by atoms with Crippen molar-refractivity contribution in [2.24, 2.45) is 11.3 Å². The van der Waals surface area contributed by atoms with Crippen molar-refractivity contribution < 1.29 is 0 Å². The van der Waals surface area contributed by atoms with Gasteiger partial charge in [-0.3, -0.25) is 0 Å². The third-order valence-electron chi connectivity index (χ3n) is 1.86. The van der Waals surface area contributed by atoms with E-state index in [0.29, 0.717) is 11.3 Å². The van der Waals surface area contributed by atoms with E-state index in [1.807, 2.05) is 0 Å². The smallest absolute Gasteiger partial charge is 0.0354 e. The zero-order valence-corrected chi connectivity index (χ0v) is 7.20. The van der Waals surface area contributed by atoms with E-state index in [4.69, 9.17) is 0 Å². The monoisotopic (exact) mass is 127 g/mol. The molecule has 0 aromatic heterocycles. The summed E-state index contributed by atoms with van der Waals surface area (Å²) in [5.74, 6) is 0.597. The topological polar surface area (TPSA) is 0 Å². The van der Waals surface area contributed by atoms with Crippen LogP contribution in [0, 0.1) is 18.3 Å². The first kappa shape index (κ1) is 9.00. The van der Waals surface area contributed by atoms with Crippen molar-refractivity contribution in [1.82, 2.24) is 0 Å². The highest BCUT2D eigenvalue weighted by atomic mass is 14.2. The summed E-state index contributed by atoms with van der Waals surface area (Å²) >= 11 is 0. The molecule has 1 radical (unpaired) electrons. The van der Waals surface area contributed by atoms with Crippen LogP contribution < -0.4 is 0 Å². The molecule has 0 saturated heterocycles. The molecule has 0 nitrogen and oxygen atoms in total. The Hall–Kier alpha value is 0. The predicted molar refractivity (Wildman–Crippen MR) is 43.2 cm³/mol. The Balaban J connectivity index is 3.58. The lowest BCUT2D eigenvalue weighted by Crippen LogP contribution is -2.12. The molecule has 0 saturated carbocycles. The SMILES string of the molecule is [CH2]C(C)CC(C)(C)CC. The molecule has 0 heteroatoms. The van der Waals surface area contributed by atoms with Crippen LogP contribution in [-0.4, -0.2) is 0 Å². The first-order chi connectivity index (χ1) is 3.98. The minimum absolute atomic E-state index is 0.501. The second kappa shape index (κ2) is 3.24. The Morgan fingerprint density at radius 1 is 1.44 bits per heavy atom. The van der Waals surface area contributed by atoms with E-state index in [1.165, 1.54) is 12.8 Å². The maximum Gasteiger partial charge on any atom is -0.0354 e. The molecule has 0 rings (SSSR count). The molecule has 0 spiro atoms. The van der Waals surface area contributed by atoms with Crippen molar-refractivity contribution in [3.63, 3.8) is 0 Å². The molecule has 0 amide bonds. The van der Waals surface area contributed by atoms with Crippen LogP contribution in [0.5, 0.6) is 0 Å². The average molecular weight is 127 g/mol. The number of hydrogen-bond donors (Lipinski definition) is 0. The van der Waals surface area contributed by atoms with E-state index in [-0.39, 0.29) is 0 Å². The van der Waals surface area contributed by atoms with Crippen LogP contribution in [0.15, 0.2) is 0 Å². The average Bonchev–Trinajstić information content (AvgIpc) is 1.63. The first-order valence-electron chi connectivity index (χ1n) is 3.81. The molecule has 0 aliphatic carbocycles. The third kappa shape index (κ3) is 4.50. The van der Waals surface area contributed by atoms with Gasteiger partial charge in [-0.2, -0.15) is 0 Å². The van der Waals surface area contributed by atoms with Crippen LogP contribution in [0.1, 0.15) is 40.5 Å². The quantitative estimate of drug-likeness (QED) is 0.545. The Morgan fingerprint density at radius 2 is 1.89 bits per heavy atom. The van der Waals surface area contributed by atoms with Gasteiger partial charge >= 0.3 is 0 Å². The molecular weight excluding hydrogens is 108 g/mol. The molecular formula is C9H19. The molecule has 0 aromatic rings. The molecule has 0 fully saturated rings. The van der Waals surface area contributed by atoms with Gasteiger partial charge in [0.15, 0.2) is 0 Å². The predicted octanol–water partition coefficient (Wildman–Crippen LogP) is 3.28. The Bertz CT molecular complexity index is 70.1. The third-order valence-corrected chi connectivity index (χ3v) is 1.86. The molecule has 1 atom stereocenters. The van der Waals surface area contributed by atoms with Crippen LogP contribution in [-0.2, 0) is 0 Å². The molecule has 0 heterocycles. The summed E-state index contributed by atoms with van der Waals surface area (Å²) in [6, 6.07) is 0. The van der Waals surface area contributed by atoms with Gasteiger partial charge in [-0.1, -0.05) is 41.0 Å². The summed E-state index contributed by atoms with van der Waals surface area (Å²) in [5, 5.41) is 0. The standard InChI is InChI=1S/C9H19/c1-6-9(4,5)7-8(2)3/h8H,2,6-7H2,1,3-5H3. The summed E-state index contributed by atoms with van der Waals surface area (Å²) in [4.78, 5) is 0. The van der Waals surface area contributed by atoms with Crippen molar-refractivity contribution in [1.29, 1.82) is 0 Å². The lowest BCUT2D eigenvalue weighted by atomic mass is 9.82. The number of rotatable bonds is 3. The second-order valence-corrected chi connectivity index (χ2v) is 3.83. The van der Waals surface area contributed by atoms with Crippen LogP contribution in [0.4, 0.5) is 0 Å². The van der Waals surface area contributed by atoms with Crippen molar-refractivity contribution in [3.8, 4) is 0 Å². The van der Waals surface area contributed by atoms with Gasteiger partial charge in [-0.05, 0) is 17.8 Å². The number of hydrogen-bond acceptors (Lipinski definition) is 0. The van der Waals surface area contributed by atoms with E-state index >= 15 is 0 Å². The molecule has 0 aromatic carbocycles. The molecule has 55 valence electrons. The van der Waals surface area contributed by atoms with Crippen molar-refractivity contribution >= 4 is 0 Å². The van der Waals surface area contributed by atoms with Gasteiger partial charge < -0.3 is 0 Å². The fraction of sp³-hybridized carbons (Fsp3) is 0.889. The van der Waals surface area contributed by atoms with E-state index in [2.05, 4.69) is 34.6 Å². The molecule has 0 aliphatic heterocycles. The highest BCUT2D eigenvalue weighted by Crippen LogP contribution is 2.27. The maximum absolute atomic E-state index is 3.97. The van der Waals surface area contributed by atoms with Gasteiger partial charge in [-0.25, -0.2) is 0 Å². The molecule has 9 heavy (non-hydrogen) atoms. The Labute approximate surface area is 59.7 Å². The molecule has 1 unspecified atom stereocenters. The Kier molecular flexibility index (Phi) is 3.24. The fourth-order valence-electron chi connectivity index (χ4n) is 1.09. The summed E-state index contributed by atoms with van der Waals surface area (Å²) in [5.41, 5.74) is 0.501. The van der Waals surface area contributed by atoms with Crippen LogP contribution >= 0.6 is 0 Å². The van der Waals surface area contributed by atoms with Gasteiger partial charge in [0.25, 0.3) is 0 Å². The van der Waals surface area contributed by atoms with E-state index in [1.54, 1.807) is 0 Å². The van der Waals surface area contributed by atoms with E-state index in [0.717, 1.165) is 0 Å². The highest BCUT2D eigenvalue weighted by molar-refractivity contribution is 4.70. The van der Waals surface area contributed by atoms with Gasteiger partial charge in [0.2, 0.25) is 0 Å². The van der Waals surface area contributed by atoms with E-state index in [9.17, 15) is 0 Å². The van der Waals surface area contributed by atoms with E-state index < -0.39 is 0 Å². The summed E-state index contributed by atoms with van der Waals surface area (Å²) < 4.78 is 0. The Morgan fingerprint density at radius 3 is 2.00 bits per heavy atom. The zero-order valence-electron chi connectivity index (χ0n) is 7.20. The minimum atomic E-state index is 0.501. The van der Waals surface area contributed by atoms with Crippen molar-refractivity contribution in [2.45, 2.75) is 40.5 Å². The van der Waals surface area contributed by atoms with Crippen molar-refractivity contribution in [2.75, 3.05) is 0 Å². The van der Waals surface area contributed by atoms with Gasteiger partial charge in [0.1, 0.15) is 0 Å². The summed E-state index contributed by atoms with van der Waals surface area (Å²) in [6.07, 6.45) is 2.50. The highest BCUT2D eigenvalue weighted by Gasteiger charge is 2.15.